The predicted molar refractivity (Wildman–Crippen MR) is 73.3 cm³/mol. The smallest absolute Gasteiger partial charge is 0.100 e. The van der Waals surface area contributed by atoms with Crippen molar-refractivity contribution in [1.29, 1.82) is 0 Å². The van der Waals surface area contributed by atoms with Gasteiger partial charge in [-0.3, -0.25) is 4.90 Å². The van der Waals surface area contributed by atoms with Gasteiger partial charge in [0.25, 0.3) is 0 Å². The molecule has 0 aliphatic carbocycles. The zero-order chi connectivity index (χ0) is 13.1. The minimum Gasteiger partial charge on any atom is -0.381 e. The van der Waals surface area contributed by atoms with Gasteiger partial charge in [0.05, 0.1) is 6.10 Å². The standard InChI is InChI=1S/C15H27NO3/c1-2-18-14-11-16(10-12-5-8-17-9-6-12)13-4-3-7-19-15(13)14/h12-15H,2-11H2,1H3/t13-,14+,15+/m1/s1. The molecular formula is C15H27NO3. The Balaban J connectivity index is 1.60. The normalized spacial score (nSPS) is 37.4. The van der Waals surface area contributed by atoms with Crippen LogP contribution < -0.4 is 0 Å². The fraction of sp³-hybridized carbons (Fsp3) is 1.00. The molecule has 0 aromatic heterocycles. The van der Waals surface area contributed by atoms with Crippen LogP contribution in [0.25, 0.3) is 0 Å². The van der Waals surface area contributed by atoms with E-state index in [0.717, 1.165) is 38.9 Å². The summed E-state index contributed by atoms with van der Waals surface area (Å²) in [5, 5.41) is 0. The number of nitrogens with zero attached hydrogens (tertiary/aromatic N) is 1. The Morgan fingerprint density at radius 2 is 2.00 bits per heavy atom. The van der Waals surface area contributed by atoms with Crippen LogP contribution in [0.3, 0.4) is 0 Å². The van der Waals surface area contributed by atoms with Gasteiger partial charge in [-0.2, -0.15) is 0 Å². The second-order valence-corrected chi connectivity index (χ2v) is 6.05. The van der Waals surface area contributed by atoms with Gasteiger partial charge in [-0.05, 0) is 38.5 Å². The quantitative estimate of drug-likeness (QED) is 0.777. The predicted octanol–water partition coefficient (Wildman–Crippen LogP) is 1.68. The topological polar surface area (TPSA) is 30.9 Å². The van der Waals surface area contributed by atoms with Crippen LogP contribution in [0.1, 0.15) is 32.6 Å². The molecule has 0 radical (unpaired) electrons. The molecule has 19 heavy (non-hydrogen) atoms. The van der Waals surface area contributed by atoms with E-state index in [2.05, 4.69) is 11.8 Å². The number of hydrogen-bond donors (Lipinski definition) is 0. The first-order valence-corrected chi connectivity index (χ1v) is 7.93. The van der Waals surface area contributed by atoms with Crippen molar-refractivity contribution < 1.29 is 14.2 Å². The number of likely N-dealkylation sites (tertiary alicyclic amines) is 1. The molecule has 0 spiro atoms. The van der Waals surface area contributed by atoms with Crippen LogP contribution in [0.2, 0.25) is 0 Å². The van der Waals surface area contributed by atoms with Gasteiger partial charge in [0.1, 0.15) is 6.10 Å². The Kier molecular flexibility index (Phi) is 4.74. The van der Waals surface area contributed by atoms with Crippen LogP contribution >= 0.6 is 0 Å². The SMILES string of the molecule is CCO[C@H]1CN(CC2CCOCC2)[C@@H]2CCCO[C@H]12. The van der Waals surface area contributed by atoms with Crippen molar-refractivity contribution in [2.24, 2.45) is 5.92 Å². The van der Waals surface area contributed by atoms with Crippen LogP contribution in [0.15, 0.2) is 0 Å². The van der Waals surface area contributed by atoms with Crippen LogP contribution in [0, 0.1) is 5.92 Å². The molecule has 0 saturated carbocycles. The Labute approximate surface area is 116 Å². The summed E-state index contributed by atoms with van der Waals surface area (Å²) in [5.41, 5.74) is 0. The molecule has 0 unspecified atom stereocenters. The molecule has 0 bridgehead atoms. The minimum absolute atomic E-state index is 0.287. The number of ether oxygens (including phenoxy) is 3. The lowest BCUT2D eigenvalue weighted by Crippen LogP contribution is -2.43. The van der Waals surface area contributed by atoms with Crippen LogP contribution in [-0.2, 0) is 14.2 Å². The Hall–Kier alpha value is -0.160. The molecule has 0 amide bonds. The second kappa shape index (κ2) is 6.53. The number of rotatable bonds is 4. The lowest BCUT2D eigenvalue weighted by Gasteiger charge is -2.34. The molecule has 110 valence electrons. The summed E-state index contributed by atoms with van der Waals surface area (Å²) in [5.74, 6) is 0.803. The van der Waals surface area contributed by atoms with E-state index in [1.807, 2.05) is 0 Å². The number of fused-ring (bicyclic) bond motifs is 1. The van der Waals surface area contributed by atoms with Crippen LogP contribution in [0.5, 0.6) is 0 Å². The fourth-order valence-electron chi connectivity index (χ4n) is 3.84. The van der Waals surface area contributed by atoms with Crippen molar-refractivity contribution in [2.45, 2.75) is 50.9 Å². The molecule has 0 aromatic rings. The van der Waals surface area contributed by atoms with Crippen molar-refractivity contribution in [3.63, 3.8) is 0 Å². The average Bonchev–Trinajstić information content (AvgIpc) is 2.79. The van der Waals surface area contributed by atoms with Crippen LogP contribution in [-0.4, -0.2) is 62.7 Å². The first-order chi connectivity index (χ1) is 9.38. The molecule has 3 atom stereocenters. The van der Waals surface area contributed by atoms with Crippen molar-refractivity contribution in [3.05, 3.63) is 0 Å². The first kappa shape index (κ1) is 13.8. The summed E-state index contributed by atoms with van der Waals surface area (Å²) < 4.78 is 17.4. The van der Waals surface area contributed by atoms with E-state index < -0.39 is 0 Å². The summed E-state index contributed by atoms with van der Waals surface area (Å²) >= 11 is 0. The largest absolute Gasteiger partial charge is 0.381 e. The maximum Gasteiger partial charge on any atom is 0.100 e. The fourth-order valence-corrected chi connectivity index (χ4v) is 3.84. The molecule has 0 N–H and O–H groups in total. The second-order valence-electron chi connectivity index (χ2n) is 6.05. The maximum absolute atomic E-state index is 6.00. The van der Waals surface area contributed by atoms with E-state index in [1.54, 1.807) is 0 Å². The summed E-state index contributed by atoms with van der Waals surface area (Å²) in [6.07, 6.45) is 5.51. The molecule has 0 aromatic carbocycles. The van der Waals surface area contributed by atoms with Crippen molar-refractivity contribution in [2.75, 3.05) is 39.5 Å². The Bertz CT molecular complexity index is 281. The minimum atomic E-state index is 0.287. The lowest BCUT2D eigenvalue weighted by molar-refractivity contribution is -0.0754. The highest BCUT2D eigenvalue weighted by molar-refractivity contribution is 4.97. The molecule has 4 nitrogen and oxygen atoms in total. The molecule has 3 rings (SSSR count). The third kappa shape index (κ3) is 3.13. The summed E-state index contributed by atoms with van der Waals surface area (Å²) in [4.78, 5) is 2.64. The van der Waals surface area contributed by atoms with Gasteiger partial charge < -0.3 is 14.2 Å². The molecule has 3 saturated heterocycles. The zero-order valence-electron chi connectivity index (χ0n) is 12.1. The molecule has 3 aliphatic heterocycles. The van der Waals surface area contributed by atoms with E-state index in [-0.39, 0.29) is 6.10 Å². The summed E-state index contributed by atoms with van der Waals surface area (Å²) in [6, 6.07) is 0.591. The van der Waals surface area contributed by atoms with E-state index in [0.29, 0.717) is 12.1 Å². The maximum atomic E-state index is 6.00. The van der Waals surface area contributed by atoms with Gasteiger partial charge in [0, 0.05) is 45.6 Å². The third-order valence-corrected chi connectivity index (χ3v) is 4.80. The average molecular weight is 269 g/mol. The first-order valence-electron chi connectivity index (χ1n) is 7.93. The Morgan fingerprint density at radius 1 is 1.16 bits per heavy atom. The molecule has 3 fully saturated rings. The van der Waals surface area contributed by atoms with Gasteiger partial charge in [0.15, 0.2) is 0 Å². The van der Waals surface area contributed by atoms with Crippen molar-refractivity contribution in [3.8, 4) is 0 Å². The summed E-state index contributed by atoms with van der Waals surface area (Å²) in [7, 11) is 0. The lowest BCUT2D eigenvalue weighted by atomic mass is 9.97. The van der Waals surface area contributed by atoms with Crippen molar-refractivity contribution in [1.82, 2.24) is 4.90 Å². The third-order valence-electron chi connectivity index (χ3n) is 4.80. The highest BCUT2D eigenvalue weighted by Gasteiger charge is 2.44. The van der Waals surface area contributed by atoms with Crippen LogP contribution in [0.4, 0.5) is 0 Å². The van der Waals surface area contributed by atoms with Gasteiger partial charge in [-0.25, -0.2) is 0 Å². The van der Waals surface area contributed by atoms with E-state index in [4.69, 9.17) is 14.2 Å². The summed E-state index contributed by atoms with van der Waals surface area (Å²) in [6.45, 7) is 7.94. The van der Waals surface area contributed by atoms with Gasteiger partial charge in [0.2, 0.25) is 0 Å². The monoisotopic (exact) mass is 269 g/mol. The molecule has 3 aliphatic rings. The molecular weight excluding hydrogens is 242 g/mol. The van der Waals surface area contributed by atoms with Gasteiger partial charge >= 0.3 is 0 Å². The highest BCUT2D eigenvalue weighted by Crippen LogP contribution is 2.32. The van der Waals surface area contributed by atoms with E-state index in [9.17, 15) is 0 Å². The van der Waals surface area contributed by atoms with Gasteiger partial charge in [-0.15, -0.1) is 0 Å². The zero-order valence-corrected chi connectivity index (χ0v) is 12.1. The van der Waals surface area contributed by atoms with E-state index in [1.165, 1.54) is 32.2 Å². The Morgan fingerprint density at radius 3 is 2.79 bits per heavy atom. The van der Waals surface area contributed by atoms with E-state index >= 15 is 0 Å². The van der Waals surface area contributed by atoms with Gasteiger partial charge in [-0.1, -0.05) is 0 Å². The number of hydrogen-bond acceptors (Lipinski definition) is 4. The molecule has 4 heteroatoms. The molecule has 3 heterocycles. The van der Waals surface area contributed by atoms with Crippen molar-refractivity contribution >= 4 is 0 Å². The highest BCUT2D eigenvalue weighted by atomic mass is 16.5.